The van der Waals surface area contributed by atoms with E-state index in [4.69, 9.17) is 9.47 Å². The highest BCUT2D eigenvalue weighted by Crippen LogP contribution is 2.47. The number of hydrogen-bond donors (Lipinski definition) is 1. The summed E-state index contributed by atoms with van der Waals surface area (Å²) in [6.45, 7) is 10.3. The van der Waals surface area contributed by atoms with Gasteiger partial charge in [0.15, 0.2) is 5.79 Å². The first-order chi connectivity index (χ1) is 6.61. The Hall–Kier alpha value is -0.120. The van der Waals surface area contributed by atoms with Crippen LogP contribution in [0.25, 0.3) is 0 Å². The van der Waals surface area contributed by atoms with Gasteiger partial charge in [0.2, 0.25) is 0 Å². The molecular weight excluding hydrogens is 178 g/mol. The molecule has 0 aromatic rings. The van der Waals surface area contributed by atoms with Crippen LogP contribution in [0, 0.1) is 11.3 Å². The second kappa shape index (κ2) is 3.47. The van der Waals surface area contributed by atoms with Crippen molar-refractivity contribution in [2.75, 3.05) is 26.3 Å². The van der Waals surface area contributed by atoms with E-state index in [1.54, 1.807) is 0 Å². The largest absolute Gasteiger partial charge is 0.347 e. The van der Waals surface area contributed by atoms with Gasteiger partial charge in [0.1, 0.15) is 0 Å². The van der Waals surface area contributed by atoms with Gasteiger partial charge >= 0.3 is 0 Å². The summed E-state index contributed by atoms with van der Waals surface area (Å²) >= 11 is 0. The highest BCUT2D eigenvalue weighted by atomic mass is 16.7. The van der Waals surface area contributed by atoms with Gasteiger partial charge in [0, 0.05) is 24.9 Å². The summed E-state index contributed by atoms with van der Waals surface area (Å²) < 4.78 is 11.8. The van der Waals surface area contributed by atoms with E-state index in [-0.39, 0.29) is 11.2 Å². The first-order valence-corrected chi connectivity index (χ1v) is 5.59. The van der Waals surface area contributed by atoms with Crippen molar-refractivity contribution < 1.29 is 9.47 Å². The van der Waals surface area contributed by atoms with Crippen LogP contribution < -0.4 is 5.32 Å². The molecule has 1 spiro atoms. The maximum Gasteiger partial charge on any atom is 0.176 e. The molecule has 2 aliphatic heterocycles. The van der Waals surface area contributed by atoms with Gasteiger partial charge in [-0.15, -0.1) is 0 Å². The molecule has 14 heavy (non-hydrogen) atoms. The monoisotopic (exact) mass is 199 g/mol. The number of piperidine rings is 1. The van der Waals surface area contributed by atoms with Crippen molar-refractivity contribution in [3.63, 3.8) is 0 Å². The average molecular weight is 199 g/mol. The molecule has 3 heteroatoms. The summed E-state index contributed by atoms with van der Waals surface area (Å²) in [4.78, 5) is 0. The topological polar surface area (TPSA) is 30.5 Å². The lowest BCUT2D eigenvalue weighted by atomic mass is 9.69. The van der Waals surface area contributed by atoms with Crippen molar-refractivity contribution in [1.29, 1.82) is 0 Å². The maximum absolute atomic E-state index is 5.90. The molecule has 1 unspecified atom stereocenters. The maximum atomic E-state index is 5.90. The smallest absolute Gasteiger partial charge is 0.176 e. The molecule has 0 bridgehead atoms. The zero-order chi connectivity index (χ0) is 10.2. The predicted octanol–water partition coefficient (Wildman–Crippen LogP) is 1.39. The lowest BCUT2D eigenvalue weighted by molar-refractivity contribution is -0.257. The molecule has 0 aromatic heterocycles. The Morgan fingerprint density at radius 2 is 1.86 bits per heavy atom. The van der Waals surface area contributed by atoms with Crippen molar-refractivity contribution in [3.8, 4) is 0 Å². The van der Waals surface area contributed by atoms with Crippen LogP contribution >= 0.6 is 0 Å². The summed E-state index contributed by atoms with van der Waals surface area (Å²) in [6.07, 6.45) is 0.974. The minimum absolute atomic E-state index is 0.0990. The second-order valence-electron chi connectivity index (χ2n) is 4.95. The van der Waals surface area contributed by atoms with E-state index in [1.165, 1.54) is 0 Å². The molecule has 0 amide bonds. The average Bonchev–Trinajstić information content (AvgIpc) is 2.60. The Kier molecular flexibility index (Phi) is 2.58. The Bertz CT molecular complexity index is 205. The molecule has 0 aliphatic carbocycles. The van der Waals surface area contributed by atoms with Crippen LogP contribution in [0.3, 0.4) is 0 Å². The van der Waals surface area contributed by atoms with Crippen LogP contribution in [-0.2, 0) is 9.47 Å². The minimum Gasteiger partial charge on any atom is -0.347 e. The summed E-state index contributed by atoms with van der Waals surface area (Å²) in [5, 5.41) is 3.45. The van der Waals surface area contributed by atoms with Crippen LogP contribution in [0.1, 0.15) is 27.2 Å². The SMILES string of the molecule is CC(C)C1(C)CNCCC12OCCO2. The molecule has 2 rings (SSSR count). The van der Waals surface area contributed by atoms with E-state index in [0.717, 1.165) is 32.7 Å². The van der Waals surface area contributed by atoms with Crippen molar-refractivity contribution in [1.82, 2.24) is 5.32 Å². The molecule has 2 fully saturated rings. The molecule has 3 nitrogen and oxygen atoms in total. The van der Waals surface area contributed by atoms with Gasteiger partial charge in [-0.2, -0.15) is 0 Å². The Morgan fingerprint density at radius 1 is 1.21 bits per heavy atom. The third-order valence-corrected chi connectivity index (χ3v) is 4.02. The van der Waals surface area contributed by atoms with Crippen LogP contribution in [0.15, 0.2) is 0 Å². The highest BCUT2D eigenvalue weighted by molar-refractivity contribution is 4.99. The molecule has 1 atom stereocenters. The van der Waals surface area contributed by atoms with Crippen LogP contribution in [0.2, 0.25) is 0 Å². The lowest BCUT2D eigenvalue weighted by Gasteiger charge is -2.50. The molecule has 1 N–H and O–H groups in total. The first-order valence-electron chi connectivity index (χ1n) is 5.59. The van der Waals surface area contributed by atoms with Crippen molar-refractivity contribution >= 4 is 0 Å². The molecule has 0 radical (unpaired) electrons. The third-order valence-electron chi connectivity index (χ3n) is 4.02. The van der Waals surface area contributed by atoms with E-state index in [9.17, 15) is 0 Å². The third kappa shape index (κ3) is 1.30. The van der Waals surface area contributed by atoms with Crippen LogP contribution in [0.4, 0.5) is 0 Å². The minimum atomic E-state index is -0.313. The number of nitrogens with one attached hydrogen (secondary N) is 1. The van der Waals surface area contributed by atoms with Gasteiger partial charge in [-0.3, -0.25) is 0 Å². The second-order valence-corrected chi connectivity index (χ2v) is 4.95. The molecule has 2 saturated heterocycles. The number of ether oxygens (including phenoxy) is 2. The Balaban J connectivity index is 2.26. The predicted molar refractivity (Wildman–Crippen MR) is 55.1 cm³/mol. The fraction of sp³-hybridized carbons (Fsp3) is 1.00. The summed E-state index contributed by atoms with van der Waals surface area (Å²) in [7, 11) is 0. The summed E-state index contributed by atoms with van der Waals surface area (Å²) in [5.74, 6) is 0.250. The summed E-state index contributed by atoms with van der Waals surface area (Å²) in [6, 6.07) is 0. The standard InChI is InChI=1S/C11H21NO2/c1-9(2)10(3)8-12-5-4-11(10)13-6-7-14-11/h9,12H,4-8H2,1-3H3. The normalized spacial score (nSPS) is 36.9. The van der Waals surface area contributed by atoms with Crippen molar-refractivity contribution in [2.24, 2.45) is 11.3 Å². The zero-order valence-electron chi connectivity index (χ0n) is 9.43. The fourth-order valence-electron chi connectivity index (χ4n) is 2.59. The van der Waals surface area contributed by atoms with Gasteiger partial charge in [0.25, 0.3) is 0 Å². The zero-order valence-corrected chi connectivity index (χ0v) is 9.43. The molecule has 0 saturated carbocycles. The molecule has 82 valence electrons. The van der Waals surface area contributed by atoms with E-state index in [1.807, 2.05) is 0 Å². The number of rotatable bonds is 1. The van der Waals surface area contributed by atoms with Crippen LogP contribution in [-0.4, -0.2) is 32.1 Å². The van der Waals surface area contributed by atoms with Gasteiger partial charge in [0.05, 0.1) is 13.2 Å². The highest BCUT2D eigenvalue weighted by Gasteiger charge is 2.55. The Morgan fingerprint density at radius 3 is 2.43 bits per heavy atom. The number of hydrogen-bond acceptors (Lipinski definition) is 3. The van der Waals surface area contributed by atoms with Gasteiger partial charge in [-0.1, -0.05) is 20.8 Å². The van der Waals surface area contributed by atoms with Crippen molar-refractivity contribution in [3.05, 3.63) is 0 Å². The lowest BCUT2D eigenvalue weighted by Crippen LogP contribution is -2.60. The Labute approximate surface area is 86.2 Å². The molecule has 2 heterocycles. The van der Waals surface area contributed by atoms with E-state index in [2.05, 4.69) is 26.1 Å². The molecular formula is C11H21NO2. The fourth-order valence-corrected chi connectivity index (χ4v) is 2.59. The van der Waals surface area contributed by atoms with Crippen LogP contribution in [0.5, 0.6) is 0 Å². The van der Waals surface area contributed by atoms with Gasteiger partial charge < -0.3 is 14.8 Å². The first kappa shape index (κ1) is 10.4. The quantitative estimate of drug-likeness (QED) is 0.692. The van der Waals surface area contributed by atoms with E-state index >= 15 is 0 Å². The van der Waals surface area contributed by atoms with Gasteiger partial charge in [-0.25, -0.2) is 0 Å². The molecule has 0 aromatic carbocycles. The van der Waals surface area contributed by atoms with E-state index < -0.39 is 0 Å². The van der Waals surface area contributed by atoms with Crippen molar-refractivity contribution in [2.45, 2.75) is 33.0 Å². The molecule has 2 aliphatic rings. The van der Waals surface area contributed by atoms with E-state index in [0.29, 0.717) is 5.92 Å². The van der Waals surface area contributed by atoms with Gasteiger partial charge in [-0.05, 0) is 5.92 Å². The summed E-state index contributed by atoms with van der Waals surface area (Å²) in [5.41, 5.74) is 0.0990.